The summed E-state index contributed by atoms with van der Waals surface area (Å²) in [7, 11) is 0. The van der Waals surface area contributed by atoms with Crippen molar-refractivity contribution in [2.75, 3.05) is 13.1 Å². The van der Waals surface area contributed by atoms with Crippen LogP contribution in [-0.4, -0.2) is 45.8 Å². The summed E-state index contributed by atoms with van der Waals surface area (Å²) >= 11 is 0. The zero-order valence-corrected chi connectivity index (χ0v) is 10.6. The number of rotatable bonds is 3. The standard InChI is InChI=1S/C13H20N4O/c18-13(10-16-8-3-7-15-16)17-9-2-5-12(17)11-4-1-6-14-11/h3,7-8,11-12,14H,1-2,4-6,9-10H2. The molecule has 2 saturated heterocycles. The molecule has 0 bridgehead atoms. The Morgan fingerprint density at radius 2 is 2.33 bits per heavy atom. The Bertz CT molecular complexity index is 397. The normalized spacial score (nSPS) is 27.9. The van der Waals surface area contributed by atoms with Crippen LogP contribution in [0.4, 0.5) is 0 Å². The van der Waals surface area contributed by atoms with Crippen LogP contribution in [0.3, 0.4) is 0 Å². The topological polar surface area (TPSA) is 50.2 Å². The molecule has 2 aliphatic heterocycles. The number of nitrogens with zero attached hydrogens (tertiary/aromatic N) is 3. The SMILES string of the molecule is O=C(Cn1cccn1)N1CCCC1C1CCCN1. The van der Waals surface area contributed by atoms with E-state index in [-0.39, 0.29) is 5.91 Å². The van der Waals surface area contributed by atoms with Crippen molar-refractivity contribution >= 4 is 5.91 Å². The molecular formula is C13H20N4O. The third-order valence-corrected chi connectivity index (χ3v) is 4.04. The van der Waals surface area contributed by atoms with E-state index in [1.165, 1.54) is 12.8 Å². The number of carbonyl (C=O) groups excluding carboxylic acids is 1. The fourth-order valence-corrected chi connectivity index (χ4v) is 3.18. The van der Waals surface area contributed by atoms with Crippen LogP contribution in [0.15, 0.2) is 18.5 Å². The lowest BCUT2D eigenvalue weighted by Gasteiger charge is -2.29. The minimum atomic E-state index is 0.204. The molecule has 3 rings (SSSR count). The fourth-order valence-electron chi connectivity index (χ4n) is 3.18. The first kappa shape index (κ1) is 11.7. The van der Waals surface area contributed by atoms with E-state index in [9.17, 15) is 4.79 Å². The van der Waals surface area contributed by atoms with Gasteiger partial charge in [0.1, 0.15) is 6.54 Å². The van der Waals surface area contributed by atoms with Crippen LogP contribution in [0.5, 0.6) is 0 Å². The summed E-state index contributed by atoms with van der Waals surface area (Å²) in [6, 6.07) is 2.76. The largest absolute Gasteiger partial charge is 0.337 e. The maximum atomic E-state index is 12.3. The molecule has 2 aliphatic rings. The van der Waals surface area contributed by atoms with E-state index in [4.69, 9.17) is 0 Å². The molecule has 5 nitrogen and oxygen atoms in total. The Kier molecular flexibility index (Phi) is 3.32. The van der Waals surface area contributed by atoms with Crippen molar-refractivity contribution in [3.8, 4) is 0 Å². The maximum absolute atomic E-state index is 12.3. The average molecular weight is 248 g/mol. The van der Waals surface area contributed by atoms with Gasteiger partial charge in [-0.2, -0.15) is 5.10 Å². The number of nitrogens with one attached hydrogen (secondary N) is 1. The number of hydrogen-bond acceptors (Lipinski definition) is 3. The predicted octanol–water partition coefficient (Wildman–Crippen LogP) is 0.626. The van der Waals surface area contributed by atoms with Gasteiger partial charge >= 0.3 is 0 Å². The van der Waals surface area contributed by atoms with Gasteiger partial charge < -0.3 is 10.2 Å². The molecule has 0 spiro atoms. The molecule has 98 valence electrons. The van der Waals surface area contributed by atoms with Gasteiger partial charge in [0.15, 0.2) is 0 Å². The van der Waals surface area contributed by atoms with Crippen LogP contribution >= 0.6 is 0 Å². The van der Waals surface area contributed by atoms with E-state index in [0.717, 1.165) is 25.9 Å². The lowest BCUT2D eigenvalue weighted by Crippen LogP contribution is -2.47. The first-order valence-electron chi connectivity index (χ1n) is 6.85. The van der Waals surface area contributed by atoms with Crippen LogP contribution < -0.4 is 5.32 Å². The Morgan fingerprint density at radius 3 is 3.06 bits per heavy atom. The molecule has 0 aliphatic carbocycles. The summed E-state index contributed by atoms with van der Waals surface area (Å²) in [6.45, 7) is 2.38. The van der Waals surface area contributed by atoms with Crippen molar-refractivity contribution in [3.63, 3.8) is 0 Å². The van der Waals surface area contributed by atoms with E-state index in [0.29, 0.717) is 18.6 Å². The minimum absolute atomic E-state index is 0.204. The Balaban J connectivity index is 1.64. The summed E-state index contributed by atoms with van der Waals surface area (Å²) in [5.74, 6) is 0.204. The Labute approximate surface area is 107 Å². The molecule has 18 heavy (non-hydrogen) atoms. The number of amides is 1. The van der Waals surface area contributed by atoms with E-state index >= 15 is 0 Å². The maximum Gasteiger partial charge on any atom is 0.244 e. The van der Waals surface area contributed by atoms with Crippen molar-refractivity contribution in [1.29, 1.82) is 0 Å². The van der Waals surface area contributed by atoms with Crippen molar-refractivity contribution in [2.45, 2.75) is 44.3 Å². The van der Waals surface area contributed by atoms with Crippen molar-refractivity contribution < 1.29 is 4.79 Å². The molecule has 1 aromatic rings. The zero-order valence-electron chi connectivity index (χ0n) is 10.6. The molecule has 1 N–H and O–H groups in total. The molecule has 1 aromatic heterocycles. The van der Waals surface area contributed by atoms with Gasteiger partial charge in [-0.05, 0) is 38.3 Å². The third-order valence-electron chi connectivity index (χ3n) is 4.04. The highest BCUT2D eigenvalue weighted by Gasteiger charge is 2.35. The highest BCUT2D eigenvalue weighted by molar-refractivity contribution is 5.76. The van der Waals surface area contributed by atoms with Gasteiger partial charge in [0.2, 0.25) is 5.91 Å². The molecule has 0 saturated carbocycles. The monoisotopic (exact) mass is 248 g/mol. The highest BCUT2D eigenvalue weighted by Crippen LogP contribution is 2.25. The van der Waals surface area contributed by atoms with Crippen molar-refractivity contribution in [2.24, 2.45) is 0 Å². The number of likely N-dealkylation sites (tertiary alicyclic amines) is 1. The fraction of sp³-hybridized carbons (Fsp3) is 0.692. The molecule has 0 aromatic carbocycles. The first-order valence-corrected chi connectivity index (χ1v) is 6.85. The molecule has 0 radical (unpaired) electrons. The van der Waals surface area contributed by atoms with Gasteiger partial charge in [0.25, 0.3) is 0 Å². The van der Waals surface area contributed by atoms with Gasteiger partial charge in [-0.15, -0.1) is 0 Å². The zero-order chi connectivity index (χ0) is 12.4. The average Bonchev–Trinajstić information content (AvgIpc) is 3.11. The predicted molar refractivity (Wildman–Crippen MR) is 68.0 cm³/mol. The smallest absolute Gasteiger partial charge is 0.244 e. The quantitative estimate of drug-likeness (QED) is 0.853. The third kappa shape index (κ3) is 2.27. The molecule has 1 amide bonds. The Morgan fingerprint density at radius 1 is 1.39 bits per heavy atom. The minimum Gasteiger partial charge on any atom is -0.337 e. The van der Waals surface area contributed by atoms with Crippen LogP contribution in [-0.2, 0) is 11.3 Å². The van der Waals surface area contributed by atoms with Gasteiger partial charge in [0, 0.05) is 31.0 Å². The van der Waals surface area contributed by atoms with E-state index < -0.39 is 0 Å². The molecule has 2 atom stereocenters. The summed E-state index contributed by atoms with van der Waals surface area (Å²) < 4.78 is 1.71. The molecule has 5 heteroatoms. The van der Waals surface area contributed by atoms with E-state index in [1.54, 1.807) is 10.9 Å². The molecular weight excluding hydrogens is 228 g/mol. The van der Waals surface area contributed by atoms with Gasteiger partial charge in [-0.3, -0.25) is 9.48 Å². The second-order valence-electron chi connectivity index (χ2n) is 5.20. The van der Waals surface area contributed by atoms with Crippen LogP contribution in [0.2, 0.25) is 0 Å². The highest BCUT2D eigenvalue weighted by atomic mass is 16.2. The Hall–Kier alpha value is -1.36. The van der Waals surface area contributed by atoms with Crippen molar-refractivity contribution in [1.82, 2.24) is 20.0 Å². The van der Waals surface area contributed by atoms with Crippen LogP contribution in [0.25, 0.3) is 0 Å². The second-order valence-corrected chi connectivity index (χ2v) is 5.20. The molecule has 2 unspecified atom stereocenters. The van der Waals surface area contributed by atoms with Crippen molar-refractivity contribution in [3.05, 3.63) is 18.5 Å². The van der Waals surface area contributed by atoms with E-state index in [2.05, 4.69) is 15.3 Å². The summed E-state index contributed by atoms with van der Waals surface area (Å²) in [5.41, 5.74) is 0. The van der Waals surface area contributed by atoms with Gasteiger partial charge in [-0.25, -0.2) is 0 Å². The lowest BCUT2D eigenvalue weighted by molar-refractivity contribution is -0.133. The summed E-state index contributed by atoms with van der Waals surface area (Å²) in [6.07, 6.45) is 8.28. The van der Waals surface area contributed by atoms with Gasteiger partial charge in [0.05, 0.1) is 0 Å². The van der Waals surface area contributed by atoms with Crippen LogP contribution in [0, 0.1) is 0 Å². The lowest BCUT2D eigenvalue weighted by atomic mass is 10.0. The molecule has 2 fully saturated rings. The van der Waals surface area contributed by atoms with Gasteiger partial charge in [-0.1, -0.05) is 0 Å². The second kappa shape index (κ2) is 5.10. The number of hydrogen-bond donors (Lipinski definition) is 1. The first-order chi connectivity index (χ1) is 8.84. The summed E-state index contributed by atoms with van der Waals surface area (Å²) in [4.78, 5) is 14.4. The van der Waals surface area contributed by atoms with Crippen LogP contribution in [0.1, 0.15) is 25.7 Å². The summed E-state index contributed by atoms with van der Waals surface area (Å²) in [5, 5.41) is 7.63. The number of aromatic nitrogens is 2. The number of carbonyl (C=O) groups is 1. The van der Waals surface area contributed by atoms with E-state index in [1.807, 2.05) is 12.3 Å². The molecule has 3 heterocycles.